The molecular formula is C25H22BrClN6OS. The number of thioether (sulfide) groups is 1. The number of halogens is 2. The third-order valence-corrected chi connectivity index (χ3v) is 6.70. The maximum absolute atomic E-state index is 6.52. The third-order valence-electron chi connectivity index (χ3n) is 4.81. The van der Waals surface area contributed by atoms with E-state index in [0.29, 0.717) is 33.5 Å². The van der Waals surface area contributed by atoms with E-state index in [4.69, 9.17) is 16.0 Å². The Morgan fingerprint density at radius 2 is 1.74 bits per heavy atom. The lowest BCUT2D eigenvalue weighted by Gasteiger charge is -2.11. The molecule has 0 saturated heterocycles. The smallest absolute Gasteiger partial charge is 0.248 e. The Labute approximate surface area is 221 Å². The zero-order chi connectivity index (χ0) is 24.8. The summed E-state index contributed by atoms with van der Waals surface area (Å²) in [4.78, 5) is 4.09. The molecule has 0 amide bonds. The number of hydrogen-bond acceptors (Lipinski definition) is 7. The van der Waals surface area contributed by atoms with Gasteiger partial charge in [-0.1, -0.05) is 55.4 Å². The molecule has 0 aliphatic carbocycles. The Balaban J connectivity index is 0.00000141. The minimum absolute atomic E-state index is 0.426. The molecule has 0 fully saturated rings. The summed E-state index contributed by atoms with van der Waals surface area (Å²) >= 11 is 11.5. The van der Waals surface area contributed by atoms with Gasteiger partial charge in [0.15, 0.2) is 11.0 Å². The Hall–Kier alpha value is -3.01. The van der Waals surface area contributed by atoms with E-state index in [9.17, 15) is 0 Å². The number of nitrogens with zero attached hydrogens (tertiary/aromatic N) is 6. The average Bonchev–Trinajstić information content (AvgIpc) is 3.52. The van der Waals surface area contributed by atoms with Crippen molar-refractivity contribution in [1.29, 1.82) is 0 Å². The number of hydrogen-bond donors (Lipinski definition) is 0. The van der Waals surface area contributed by atoms with E-state index in [1.807, 2.05) is 79.9 Å². The lowest BCUT2D eigenvalue weighted by molar-refractivity contribution is 0.528. The summed E-state index contributed by atoms with van der Waals surface area (Å²) in [6.45, 7) is 6.03. The maximum Gasteiger partial charge on any atom is 0.248 e. The molecule has 0 atom stereocenters. The minimum Gasteiger partial charge on any atom is -0.420 e. The van der Waals surface area contributed by atoms with Crippen LogP contribution in [0.2, 0.25) is 5.02 Å². The van der Waals surface area contributed by atoms with Gasteiger partial charge in [0, 0.05) is 22.4 Å². The molecule has 0 spiro atoms. The summed E-state index contributed by atoms with van der Waals surface area (Å²) in [5.41, 5.74) is 3.66. The summed E-state index contributed by atoms with van der Waals surface area (Å²) < 4.78 is 8.74. The van der Waals surface area contributed by atoms with Crippen molar-refractivity contribution in [3.63, 3.8) is 0 Å². The number of benzene rings is 2. The zero-order valence-electron chi connectivity index (χ0n) is 19.3. The van der Waals surface area contributed by atoms with Gasteiger partial charge in [-0.05, 0) is 64.8 Å². The molecular weight excluding hydrogens is 548 g/mol. The topological polar surface area (TPSA) is 82.5 Å². The summed E-state index contributed by atoms with van der Waals surface area (Å²) in [5.74, 6) is 2.04. The number of rotatable bonds is 6. The van der Waals surface area contributed by atoms with Crippen LogP contribution >= 0.6 is 39.3 Å². The fraction of sp³-hybridized carbons (Fsp3) is 0.160. The highest BCUT2D eigenvalue weighted by Crippen LogP contribution is 2.33. The number of pyridine rings is 1. The van der Waals surface area contributed by atoms with Crippen molar-refractivity contribution in [2.75, 3.05) is 0 Å². The molecule has 35 heavy (non-hydrogen) atoms. The molecule has 10 heteroatoms. The number of para-hydroxylation sites is 1. The van der Waals surface area contributed by atoms with Gasteiger partial charge in [0.05, 0.1) is 22.0 Å². The first-order valence-electron chi connectivity index (χ1n) is 10.9. The monoisotopic (exact) mass is 568 g/mol. The molecule has 178 valence electrons. The molecule has 0 aliphatic heterocycles. The van der Waals surface area contributed by atoms with Crippen molar-refractivity contribution >= 4 is 39.3 Å². The maximum atomic E-state index is 6.52. The average molecular weight is 570 g/mol. The second kappa shape index (κ2) is 11.6. The highest BCUT2D eigenvalue weighted by Gasteiger charge is 2.19. The van der Waals surface area contributed by atoms with Crippen molar-refractivity contribution in [2.45, 2.75) is 31.7 Å². The molecule has 5 rings (SSSR count). The standard InChI is InChI=1S/C23H16BrClN6OS.C2H6/c1-14-6-7-16(17(24)12-14)22-29-27-20(32-22)13-33-23-30-28-21(15-8-10-26-11-9-15)31(23)19-5-3-2-4-18(19)25;1-2/h2-12H,13H2,1H3;1-2H3. The predicted octanol–water partition coefficient (Wildman–Crippen LogP) is 7.42. The Bertz CT molecular complexity index is 1420. The minimum atomic E-state index is 0.426. The van der Waals surface area contributed by atoms with Crippen molar-refractivity contribution < 1.29 is 4.42 Å². The van der Waals surface area contributed by atoms with E-state index in [2.05, 4.69) is 41.3 Å². The third kappa shape index (κ3) is 5.63. The first kappa shape index (κ1) is 25.1. The SMILES string of the molecule is CC.Cc1ccc(-c2nnc(CSc3nnc(-c4ccncc4)n3-c3ccccc3Cl)o2)c(Br)c1. The van der Waals surface area contributed by atoms with Gasteiger partial charge in [-0.25, -0.2) is 0 Å². The van der Waals surface area contributed by atoms with Crippen LogP contribution in [0.25, 0.3) is 28.5 Å². The van der Waals surface area contributed by atoms with Crippen LogP contribution in [0.15, 0.2) is 81.0 Å². The molecule has 0 unspecified atom stereocenters. The largest absolute Gasteiger partial charge is 0.420 e. The molecule has 0 saturated carbocycles. The van der Waals surface area contributed by atoms with Crippen molar-refractivity contribution in [1.82, 2.24) is 29.9 Å². The molecule has 5 aromatic rings. The fourth-order valence-corrected chi connectivity index (χ4v) is 4.91. The second-order valence-electron chi connectivity index (χ2n) is 7.10. The fourth-order valence-electron chi connectivity index (χ4n) is 3.24. The summed E-state index contributed by atoms with van der Waals surface area (Å²) in [6, 6.07) is 17.3. The highest BCUT2D eigenvalue weighted by atomic mass is 79.9. The molecule has 0 bridgehead atoms. The first-order chi connectivity index (χ1) is 17.1. The van der Waals surface area contributed by atoms with E-state index in [1.165, 1.54) is 11.8 Å². The molecule has 3 heterocycles. The Morgan fingerprint density at radius 3 is 2.49 bits per heavy atom. The van der Waals surface area contributed by atoms with Crippen LogP contribution in [-0.2, 0) is 5.75 Å². The van der Waals surface area contributed by atoms with Crippen molar-refractivity contribution in [2.24, 2.45) is 0 Å². The lowest BCUT2D eigenvalue weighted by atomic mass is 10.1. The molecule has 0 N–H and O–H groups in total. The van der Waals surface area contributed by atoms with E-state index >= 15 is 0 Å². The van der Waals surface area contributed by atoms with Crippen molar-refractivity contribution in [3.05, 3.63) is 87.9 Å². The van der Waals surface area contributed by atoms with Gasteiger partial charge in [0.2, 0.25) is 11.8 Å². The van der Waals surface area contributed by atoms with Gasteiger partial charge >= 0.3 is 0 Å². The first-order valence-corrected chi connectivity index (χ1v) is 13.1. The van der Waals surface area contributed by atoms with Crippen LogP contribution in [0, 0.1) is 6.92 Å². The van der Waals surface area contributed by atoms with Crippen LogP contribution in [0.3, 0.4) is 0 Å². The van der Waals surface area contributed by atoms with Gasteiger partial charge in [-0.3, -0.25) is 9.55 Å². The van der Waals surface area contributed by atoms with Gasteiger partial charge < -0.3 is 4.42 Å². The van der Waals surface area contributed by atoms with Crippen LogP contribution in [0.1, 0.15) is 25.3 Å². The van der Waals surface area contributed by atoms with Crippen LogP contribution in [0.5, 0.6) is 0 Å². The molecule has 0 aliphatic rings. The van der Waals surface area contributed by atoms with Crippen molar-refractivity contribution in [3.8, 4) is 28.5 Å². The predicted molar refractivity (Wildman–Crippen MR) is 143 cm³/mol. The normalized spacial score (nSPS) is 10.7. The zero-order valence-corrected chi connectivity index (χ0v) is 22.5. The van der Waals surface area contributed by atoms with E-state index < -0.39 is 0 Å². The van der Waals surface area contributed by atoms with Gasteiger partial charge in [-0.15, -0.1) is 20.4 Å². The molecule has 7 nitrogen and oxygen atoms in total. The molecule has 3 aromatic heterocycles. The second-order valence-corrected chi connectivity index (χ2v) is 9.31. The van der Waals surface area contributed by atoms with Gasteiger partial charge in [0.25, 0.3) is 0 Å². The van der Waals surface area contributed by atoms with E-state index in [1.54, 1.807) is 12.4 Å². The van der Waals surface area contributed by atoms with Gasteiger partial charge in [0.1, 0.15) is 0 Å². The highest BCUT2D eigenvalue weighted by molar-refractivity contribution is 9.10. The van der Waals surface area contributed by atoms with Crippen LogP contribution in [0.4, 0.5) is 0 Å². The van der Waals surface area contributed by atoms with Gasteiger partial charge in [-0.2, -0.15) is 0 Å². The van der Waals surface area contributed by atoms with E-state index in [-0.39, 0.29) is 0 Å². The van der Waals surface area contributed by atoms with Crippen LogP contribution in [-0.4, -0.2) is 29.9 Å². The number of aryl methyl sites for hydroxylation is 1. The number of aromatic nitrogens is 6. The summed E-state index contributed by atoms with van der Waals surface area (Å²) in [5, 5.41) is 18.5. The quantitative estimate of drug-likeness (QED) is 0.197. The Morgan fingerprint density at radius 1 is 0.971 bits per heavy atom. The Kier molecular flexibility index (Phi) is 8.33. The van der Waals surface area contributed by atoms with Crippen LogP contribution < -0.4 is 0 Å². The van der Waals surface area contributed by atoms with E-state index in [0.717, 1.165) is 26.9 Å². The summed E-state index contributed by atoms with van der Waals surface area (Å²) in [6.07, 6.45) is 3.44. The molecule has 0 radical (unpaired) electrons. The lowest BCUT2D eigenvalue weighted by Crippen LogP contribution is -2.00. The summed E-state index contributed by atoms with van der Waals surface area (Å²) in [7, 11) is 0. The molecule has 2 aromatic carbocycles.